The number of anilines is 1. The lowest BCUT2D eigenvalue weighted by molar-refractivity contribution is 0.590. The van der Waals surface area contributed by atoms with Crippen LogP contribution in [-0.4, -0.2) is 18.0 Å². The van der Waals surface area contributed by atoms with Crippen LogP contribution >= 0.6 is 0 Å². The molecule has 2 aromatic heterocycles. The number of benzene rings is 2. The Labute approximate surface area is 168 Å². The maximum absolute atomic E-state index is 13.5. The first-order valence-electron chi connectivity index (χ1n) is 9.20. The number of nitrogens with zero attached hydrogens (tertiary/aromatic N) is 3. The monoisotopic (exact) mass is 407 g/mol. The van der Waals surface area contributed by atoms with Crippen molar-refractivity contribution in [3.8, 4) is 0 Å². The molecule has 0 spiro atoms. The standard InChI is InChI=1S/C22H18FN3O2S/c1-25-11-16-13-26(14-17(16)12-25)21-7-2-4-15-8-20(10-24-22(15)21)29(27,28)19-6-3-5-18(23)9-19/h2-12H,13-14H2,1H3. The predicted octanol–water partition coefficient (Wildman–Crippen LogP) is 4.07. The summed E-state index contributed by atoms with van der Waals surface area (Å²) in [5.41, 5.74) is 4.29. The predicted molar refractivity (Wildman–Crippen MR) is 109 cm³/mol. The van der Waals surface area contributed by atoms with Crippen LogP contribution in [0.3, 0.4) is 0 Å². The average Bonchev–Trinajstić information content (AvgIpc) is 3.24. The topological polar surface area (TPSA) is 55.2 Å². The third-order valence-electron chi connectivity index (χ3n) is 5.28. The maximum Gasteiger partial charge on any atom is 0.208 e. The number of hydrogen-bond acceptors (Lipinski definition) is 4. The first-order valence-corrected chi connectivity index (χ1v) is 10.7. The molecule has 146 valence electrons. The van der Waals surface area contributed by atoms with E-state index in [4.69, 9.17) is 0 Å². The van der Waals surface area contributed by atoms with Gasteiger partial charge in [-0.1, -0.05) is 18.2 Å². The second kappa shape index (κ2) is 6.42. The summed E-state index contributed by atoms with van der Waals surface area (Å²) in [5.74, 6) is -0.587. The number of rotatable bonds is 3. The Morgan fingerprint density at radius 1 is 0.966 bits per heavy atom. The third kappa shape index (κ3) is 2.98. The van der Waals surface area contributed by atoms with Gasteiger partial charge in [0, 0.05) is 44.1 Å². The molecule has 5 rings (SSSR count). The fourth-order valence-electron chi connectivity index (χ4n) is 3.91. The van der Waals surface area contributed by atoms with Gasteiger partial charge in [-0.2, -0.15) is 0 Å². The van der Waals surface area contributed by atoms with Gasteiger partial charge < -0.3 is 9.47 Å². The number of sulfone groups is 1. The van der Waals surface area contributed by atoms with Gasteiger partial charge in [0.05, 0.1) is 21.0 Å². The quantitative estimate of drug-likeness (QED) is 0.514. The van der Waals surface area contributed by atoms with Crippen molar-refractivity contribution in [3.63, 3.8) is 0 Å². The molecule has 0 amide bonds. The summed E-state index contributed by atoms with van der Waals surface area (Å²) in [6, 6.07) is 12.4. The molecule has 7 heteroatoms. The minimum atomic E-state index is -3.84. The Balaban J connectivity index is 1.55. The lowest BCUT2D eigenvalue weighted by Crippen LogP contribution is -2.16. The van der Waals surface area contributed by atoms with Crippen LogP contribution in [0.5, 0.6) is 0 Å². The van der Waals surface area contributed by atoms with Gasteiger partial charge in [-0.15, -0.1) is 0 Å². The number of para-hydroxylation sites is 1. The van der Waals surface area contributed by atoms with Gasteiger partial charge in [0.25, 0.3) is 0 Å². The van der Waals surface area contributed by atoms with E-state index < -0.39 is 15.7 Å². The minimum Gasteiger partial charge on any atom is -0.361 e. The number of halogens is 1. The molecule has 29 heavy (non-hydrogen) atoms. The lowest BCUT2D eigenvalue weighted by Gasteiger charge is -2.20. The summed E-state index contributed by atoms with van der Waals surface area (Å²) in [6.07, 6.45) is 5.60. The Kier molecular flexibility index (Phi) is 3.96. The number of fused-ring (bicyclic) bond motifs is 2. The number of pyridine rings is 1. The fourth-order valence-corrected chi connectivity index (χ4v) is 5.19. The van der Waals surface area contributed by atoms with Crippen molar-refractivity contribution in [2.75, 3.05) is 4.90 Å². The van der Waals surface area contributed by atoms with Gasteiger partial charge in [-0.05, 0) is 41.5 Å². The third-order valence-corrected chi connectivity index (χ3v) is 6.99. The van der Waals surface area contributed by atoms with Crippen LogP contribution in [0.2, 0.25) is 0 Å². The van der Waals surface area contributed by atoms with Crippen molar-refractivity contribution in [1.29, 1.82) is 0 Å². The Bertz CT molecular complexity index is 1340. The highest BCUT2D eigenvalue weighted by Crippen LogP contribution is 2.34. The van der Waals surface area contributed by atoms with E-state index in [-0.39, 0.29) is 9.79 Å². The molecule has 0 saturated carbocycles. The van der Waals surface area contributed by atoms with Crippen LogP contribution in [-0.2, 0) is 30.0 Å². The van der Waals surface area contributed by atoms with Crippen molar-refractivity contribution in [3.05, 3.63) is 84.1 Å². The van der Waals surface area contributed by atoms with Crippen LogP contribution in [0.25, 0.3) is 10.9 Å². The highest BCUT2D eigenvalue weighted by molar-refractivity contribution is 7.91. The fraction of sp³-hybridized carbons (Fsp3) is 0.136. The summed E-state index contributed by atoms with van der Waals surface area (Å²) in [6.45, 7) is 1.58. The lowest BCUT2D eigenvalue weighted by atomic mass is 10.2. The summed E-state index contributed by atoms with van der Waals surface area (Å²) in [4.78, 5) is 6.70. The molecule has 2 aromatic carbocycles. The van der Waals surface area contributed by atoms with Crippen molar-refractivity contribution < 1.29 is 12.8 Å². The van der Waals surface area contributed by atoms with E-state index in [0.717, 1.165) is 35.7 Å². The van der Waals surface area contributed by atoms with Gasteiger partial charge in [0.15, 0.2) is 0 Å². The molecule has 4 aromatic rings. The molecule has 0 saturated heterocycles. The zero-order valence-corrected chi connectivity index (χ0v) is 16.5. The Morgan fingerprint density at radius 2 is 1.69 bits per heavy atom. The maximum atomic E-state index is 13.5. The van der Waals surface area contributed by atoms with E-state index >= 15 is 0 Å². The summed E-state index contributed by atoms with van der Waals surface area (Å²) in [7, 11) is -1.83. The van der Waals surface area contributed by atoms with Crippen LogP contribution < -0.4 is 4.90 Å². The van der Waals surface area contributed by atoms with E-state index in [2.05, 4.69) is 26.8 Å². The molecule has 0 bridgehead atoms. The smallest absolute Gasteiger partial charge is 0.208 e. The largest absolute Gasteiger partial charge is 0.361 e. The summed E-state index contributed by atoms with van der Waals surface area (Å²) in [5, 5.41) is 0.733. The van der Waals surface area contributed by atoms with Crippen LogP contribution in [0, 0.1) is 5.82 Å². The van der Waals surface area contributed by atoms with Gasteiger partial charge in [-0.3, -0.25) is 4.98 Å². The normalized spacial score (nSPS) is 13.8. The SMILES string of the molecule is Cn1cc2c(c1)CN(c1cccc3cc(S(=O)(=O)c4cccc(F)c4)cnc13)C2. The van der Waals surface area contributed by atoms with Crippen molar-refractivity contribution in [2.45, 2.75) is 22.9 Å². The highest BCUT2D eigenvalue weighted by Gasteiger charge is 2.24. The van der Waals surface area contributed by atoms with Gasteiger partial charge in [0.2, 0.25) is 9.84 Å². The number of hydrogen-bond donors (Lipinski definition) is 0. The molecule has 0 N–H and O–H groups in total. The zero-order chi connectivity index (χ0) is 20.2. The second-order valence-electron chi connectivity index (χ2n) is 7.31. The van der Waals surface area contributed by atoms with Crippen molar-refractivity contribution in [1.82, 2.24) is 9.55 Å². The molecule has 0 fully saturated rings. The van der Waals surface area contributed by atoms with Gasteiger partial charge >= 0.3 is 0 Å². The molecule has 0 unspecified atom stereocenters. The molecular weight excluding hydrogens is 389 g/mol. The molecule has 0 aliphatic carbocycles. The first kappa shape index (κ1) is 17.9. The molecule has 1 aliphatic heterocycles. The van der Waals surface area contributed by atoms with Gasteiger partial charge in [0.1, 0.15) is 5.82 Å². The first-order chi connectivity index (χ1) is 13.9. The van der Waals surface area contributed by atoms with Crippen LogP contribution in [0.1, 0.15) is 11.1 Å². The average molecular weight is 407 g/mol. The summed E-state index contributed by atoms with van der Waals surface area (Å²) >= 11 is 0. The Morgan fingerprint density at radius 3 is 2.41 bits per heavy atom. The van der Waals surface area contributed by atoms with E-state index in [1.807, 2.05) is 25.2 Å². The van der Waals surface area contributed by atoms with E-state index in [1.54, 1.807) is 6.07 Å². The number of aromatic nitrogens is 2. The molecule has 3 heterocycles. The second-order valence-corrected chi connectivity index (χ2v) is 9.26. The minimum absolute atomic E-state index is 0.0538. The van der Waals surface area contributed by atoms with E-state index in [1.165, 1.54) is 35.5 Å². The van der Waals surface area contributed by atoms with Crippen LogP contribution in [0.4, 0.5) is 10.1 Å². The van der Waals surface area contributed by atoms with E-state index in [0.29, 0.717) is 0 Å². The zero-order valence-electron chi connectivity index (χ0n) is 15.7. The van der Waals surface area contributed by atoms with Crippen molar-refractivity contribution >= 4 is 26.4 Å². The highest BCUT2D eigenvalue weighted by atomic mass is 32.2. The summed E-state index contributed by atoms with van der Waals surface area (Å²) < 4.78 is 41.4. The molecule has 0 radical (unpaired) electrons. The number of aryl methyl sites for hydroxylation is 1. The van der Waals surface area contributed by atoms with E-state index in [9.17, 15) is 12.8 Å². The molecule has 5 nitrogen and oxygen atoms in total. The van der Waals surface area contributed by atoms with Crippen LogP contribution in [0.15, 0.2) is 76.9 Å². The van der Waals surface area contributed by atoms with Gasteiger partial charge in [-0.25, -0.2) is 12.8 Å². The molecular formula is C22H18FN3O2S. The Hall–Kier alpha value is -3.19. The van der Waals surface area contributed by atoms with Crippen molar-refractivity contribution in [2.24, 2.45) is 7.05 Å². The molecule has 1 aliphatic rings. The molecule has 0 atom stereocenters.